The zero-order valence-corrected chi connectivity index (χ0v) is 15.1. The van der Waals surface area contributed by atoms with Crippen molar-refractivity contribution in [3.05, 3.63) is 55.2 Å². The molecule has 0 atom stereocenters. The van der Waals surface area contributed by atoms with Crippen molar-refractivity contribution in [2.24, 2.45) is 0 Å². The molecule has 23 heavy (non-hydrogen) atoms. The fourth-order valence-electron chi connectivity index (χ4n) is 1.73. The van der Waals surface area contributed by atoms with Crippen LogP contribution < -0.4 is 0 Å². The van der Waals surface area contributed by atoms with E-state index in [4.69, 9.17) is 39.5 Å². The minimum Gasteiger partial charge on any atom is -0.452 e. The van der Waals surface area contributed by atoms with Gasteiger partial charge in [0.15, 0.2) is 6.61 Å². The third-order valence-corrected chi connectivity index (χ3v) is 4.69. The quantitative estimate of drug-likeness (QED) is 0.703. The van der Waals surface area contributed by atoms with E-state index in [0.717, 1.165) is 4.88 Å². The molecule has 8 heteroatoms. The van der Waals surface area contributed by atoms with E-state index in [1.54, 1.807) is 13.1 Å². The predicted molar refractivity (Wildman–Crippen MR) is 92.5 cm³/mol. The molecule has 0 saturated carbocycles. The topological polar surface area (TPSA) is 46.6 Å². The highest BCUT2D eigenvalue weighted by molar-refractivity contribution is 7.16. The molecule has 1 aromatic heterocycles. The van der Waals surface area contributed by atoms with Gasteiger partial charge in [0.25, 0.3) is 5.91 Å². The number of carbonyl (C=O) groups is 2. The van der Waals surface area contributed by atoms with Crippen molar-refractivity contribution < 1.29 is 14.3 Å². The summed E-state index contributed by atoms with van der Waals surface area (Å²) in [4.78, 5) is 26.3. The van der Waals surface area contributed by atoms with Gasteiger partial charge in [-0.25, -0.2) is 4.79 Å². The van der Waals surface area contributed by atoms with Crippen LogP contribution in [-0.2, 0) is 16.1 Å². The molecule has 0 fully saturated rings. The van der Waals surface area contributed by atoms with E-state index in [1.165, 1.54) is 34.4 Å². The van der Waals surface area contributed by atoms with Crippen molar-refractivity contribution in [1.82, 2.24) is 4.90 Å². The van der Waals surface area contributed by atoms with Gasteiger partial charge in [-0.15, -0.1) is 11.3 Å². The van der Waals surface area contributed by atoms with Crippen molar-refractivity contribution in [1.29, 1.82) is 0 Å². The highest BCUT2D eigenvalue weighted by Crippen LogP contribution is 2.23. The maximum absolute atomic E-state index is 12.0. The van der Waals surface area contributed by atoms with Gasteiger partial charge >= 0.3 is 5.97 Å². The van der Waals surface area contributed by atoms with E-state index in [9.17, 15) is 9.59 Å². The number of ether oxygens (including phenoxy) is 1. The minimum absolute atomic E-state index is 0.163. The molecule has 2 aromatic rings. The number of benzene rings is 1. The van der Waals surface area contributed by atoms with E-state index in [1.807, 2.05) is 6.07 Å². The van der Waals surface area contributed by atoms with Crippen molar-refractivity contribution in [2.45, 2.75) is 6.54 Å². The Kier molecular flexibility index (Phi) is 6.30. The number of hydrogen-bond acceptors (Lipinski definition) is 4. The summed E-state index contributed by atoms with van der Waals surface area (Å²) in [6, 6.07) is 8.03. The summed E-state index contributed by atoms with van der Waals surface area (Å²) in [6.45, 7) is 0.0306. The summed E-state index contributed by atoms with van der Waals surface area (Å²) in [5.74, 6) is -0.999. The van der Waals surface area contributed by atoms with Gasteiger partial charge in [0.1, 0.15) is 0 Å². The Morgan fingerprint density at radius 1 is 1.17 bits per heavy atom. The van der Waals surface area contributed by atoms with Crippen molar-refractivity contribution in [3.8, 4) is 0 Å². The predicted octanol–water partition coefficient (Wildman–Crippen LogP) is 4.52. The minimum atomic E-state index is -0.674. The van der Waals surface area contributed by atoms with Crippen LogP contribution in [0.1, 0.15) is 15.2 Å². The lowest BCUT2D eigenvalue weighted by atomic mass is 10.2. The van der Waals surface area contributed by atoms with Gasteiger partial charge in [0.05, 0.1) is 21.5 Å². The lowest BCUT2D eigenvalue weighted by Crippen LogP contribution is -2.30. The third-order valence-electron chi connectivity index (χ3n) is 2.93. The Bertz CT molecular complexity index is 733. The first-order valence-corrected chi connectivity index (χ1v) is 8.42. The van der Waals surface area contributed by atoms with E-state index >= 15 is 0 Å². The number of rotatable bonds is 5. The molecule has 1 heterocycles. The number of nitrogens with zero attached hydrogens (tertiary/aromatic N) is 1. The fourth-order valence-corrected chi connectivity index (χ4v) is 3.36. The number of esters is 1. The SMILES string of the molecule is CN(Cc1ccc(Cl)s1)C(=O)COC(=O)c1ccc(Cl)cc1Cl. The van der Waals surface area contributed by atoms with Gasteiger partial charge in [0.2, 0.25) is 0 Å². The summed E-state index contributed by atoms with van der Waals surface area (Å²) in [5, 5.41) is 0.591. The first kappa shape index (κ1) is 18.1. The molecule has 0 radical (unpaired) electrons. The second-order valence-electron chi connectivity index (χ2n) is 4.66. The van der Waals surface area contributed by atoms with Crippen LogP contribution in [0.25, 0.3) is 0 Å². The number of halogens is 3. The van der Waals surface area contributed by atoms with Crippen LogP contribution in [0.5, 0.6) is 0 Å². The third kappa shape index (κ3) is 5.11. The van der Waals surface area contributed by atoms with Gasteiger partial charge in [-0.1, -0.05) is 34.8 Å². The monoisotopic (exact) mass is 391 g/mol. The molecule has 0 aliphatic carbocycles. The van der Waals surface area contributed by atoms with Crippen LogP contribution in [0.15, 0.2) is 30.3 Å². The summed E-state index contributed by atoms with van der Waals surface area (Å²) in [5.41, 5.74) is 0.163. The zero-order chi connectivity index (χ0) is 17.0. The largest absolute Gasteiger partial charge is 0.452 e. The van der Waals surface area contributed by atoms with Crippen LogP contribution in [0.4, 0.5) is 0 Å². The van der Waals surface area contributed by atoms with Gasteiger partial charge < -0.3 is 9.64 Å². The van der Waals surface area contributed by atoms with Gasteiger partial charge in [-0.2, -0.15) is 0 Å². The van der Waals surface area contributed by atoms with Crippen molar-refractivity contribution in [2.75, 3.05) is 13.7 Å². The molecule has 0 saturated heterocycles. The molecule has 0 spiro atoms. The van der Waals surface area contributed by atoms with Crippen LogP contribution >= 0.6 is 46.1 Å². The van der Waals surface area contributed by atoms with Crippen molar-refractivity contribution in [3.63, 3.8) is 0 Å². The molecule has 1 amide bonds. The van der Waals surface area contributed by atoms with Crippen molar-refractivity contribution >= 4 is 58.0 Å². The first-order valence-electron chi connectivity index (χ1n) is 6.47. The fraction of sp³-hybridized carbons (Fsp3) is 0.200. The van der Waals surface area contributed by atoms with E-state index in [0.29, 0.717) is 15.9 Å². The van der Waals surface area contributed by atoms with Gasteiger partial charge in [0, 0.05) is 16.9 Å². The Morgan fingerprint density at radius 3 is 2.52 bits per heavy atom. The molecule has 0 bridgehead atoms. The summed E-state index contributed by atoms with van der Waals surface area (Å²) >= 11 is 18.9. The normalized spacial score (nSPS) is 10.4. The molecule has 0 aliphatic rings. The van der Waals surface area contributed by atoms with Crippen LogP contribution in [0.2, 0.25) is 14.4 Å². The van der Waals surface area contributed by atoms with Crippen LogP contribution in [0, 0.1) is 0 Å². The second kappa shape index (κ2) is 8.02. The molecule has 4 nitrogen and oxygen atoms in total. The average Bonchev–Trinajstić information content (AvgIpc) is 2.89. The Labute approximate surface area is 152 Å². The van der Waals surface area contributed by atoms with Crippen LogP contribution in [-0.4, -0.2) is 30.4 Å². The molecular weight excluding hydrogens is 381 g/mol. The lowest BCUT2D eigenvalue weighted by molar-refractivity contribution is -0.133. The van der Waals surface area contributed by atoms with Gasteiger partial charge in [-0.3, -0.25) is 4.79 Å². The molecule has 122 valence electrons. The number of thiophene rings is 1. The lowest BCUT2D eigenvalue weighted by Gasteiger charge is -2.16. The Balaban J connectivity index is 1.89. The zero-order valence-electron chi connectivity index (χ0n) is 12.0. The number of likely N-dealkylation sites (N-methyl/N-ethyl adjacent to an activating group) is 1. The average molecular weight is 393 g/mol. The standard InChI is InChI=1S/C15H12Cl3NO3S/c1-19(7-10-3-5-13(18)23-10)14(20)8-22-15(21)11-4-2-9(16)6-12(11)17/h2-6H,7-8H2,1H3. The second-order valence-corrected chi connectivity index (χ2v) is 7.30. The number of hydrogen-bond donors (Lipinski definition) is 0. The number of amides is 1. The maximum Gasteiger partial charge on any atom is 0.340 e. The van der Waals surface area contributed by atoms with E-state index in [-0.39, 0.29) is 23.1 Å². The molecule has 2 rings (SSSR count). The highest BCUT2D eigenvalue weighted by Gasteiger charge is 2.16. The Hall–Kier alpha value is -1.27. The Morgan fingerprint density at radius 2 is 1.91 bits per heavy atom. The van der Waals surface area contributed by atoms with E-state index in [2.05, 4.69) is 0 Å². The smallest absolute Gasteiger partial charge is 0.340 e. The summed E-state index contributed by atoms with van der Waals surface area (Å²) in [6.07, 6.45) is 0. The molecular formula is C15H12Cl3NO3S. The van der Waals surface area contributed by atoms with Gasteiger partial charge in [-0.05, 0) is 30.3 Å². The summed E-state index contributed by atoms with van der Waals surface area (Å²) < 4.78 is 5.65. The summed E-state index contributed by atoms with van der Waals surface area (Å²) in [7, 11) is 1.62. The molecule has 0 unspecified atom stereocenters. The van der Waals surface area contributed by atoms with Crippen LogP contribution in [0.3, 0.4) is 0 Å². The maximum atomic E-state index is 12.0. The van der Waals surface area contributed by atoms with E-state index < -0.39 is 5.97 Å². The molecule has 1 aromatic carbocycles. The first-order chi connectivity index (χ1) is 10.9. The highest BCUT2D eigenvalue weighted by atomic mass is 35.5. The molecule has 0 N–H and O–H groups in total. The molecule has 0 aliphatic heterocycles. The number of carbonyl (C=O) groups excluding carboxylic acids is 2.